The molecular weight excluding hydrogens is 264 g/mol. The molecule has 6 nitrogen and oxygen atoms in total. The van der Waals surface area contributed by atoms with E-state index in [1.165, 1.54) is 17.1 Å². The molecule has 0 amide bonds. The van der Waals surface area contributed by atoms with Crippen LogP contribution >= 0.6 is 15.9 Å². The number of hydrogen-bond acceptors (Lipinski definition) is 4. The molecule has 2 rings (SSSR count). The maximum Gasteiger partial charge on any atom is 0.340 e. The molecular formula is C8H5BrN4O2. The van der Waals surface area contributed by atoms with Crippen LogP contribution in [0.3, 0.4) is 0 Å². The van der Waals surface area contributed by atoms with Crippen LogP contribution in [0.1, 0.15) is 10.4 Å². The molecule has 2 aromatic rings. The van der Waals surface area contributed by atoms with E-state index in [0.29, 0.717) is 10.4 Å². The van der Waals surface area contributed by atoms with Crippen LogP contribution in [0.25, 0.3) is 5.82 Å². The molecule has 15 heavy (non-hydrogen) atoms. The van der Waals surface area contributed by atoms with Crippen molar-refractivity contribution >= 4 is 21.9 Å². The van der Waals surface area contributed by atoms with Gasteiger partial charge < -0.3 is 5.11 Å². The Labute approximate surface area is 92.7 Å². The van der Waals surface area contributed by atoms with Gasteiger partial charge in [0.2, 0.25) is 0 Å². The first-order chi connectivity index (χ1) is 7.20. The van der Waals surface area contributed by atoms with Crippen molar-refractivity contribution in [2.24, 2.45) is 0 Å². The van der Waals surface area contributed by atoms with E-state index in [0.717, 1.165) is 0 Å². The van der Waals surface area contributed by atoms with E-state index in [-0.39, 0.29) is 5.56 Å². The monoisotopic (exact) mass is 268 g/mol. The van der Waals surface area contributed by atoms with Crippen LogP contribution in [0.4, 0.5) is 0 Å². The zero-order valence-corrected chi connectivity index (χ0v) is 8.92. The highest BCUT2D eigenvalue weighted by Crippen LogP contribution is 2.18. The smallest absolute Gasteiger partial charge is 0.340 e. The molecule has 0 unspecified atom stereocenters. The number of rotatable bonds is 2. The van der Waals surface area contributed by atoms with Gasteiger partial charge in [-0.3, -0.25) is 0 Å². The fourth-order valence-corrected chi connectivity index (χ4v) is 1.59. The molecule has 0 aliphatic heterocycles. The Morgan fingerprint density at radius 3 is 2.87 bits per heavy atom. The largest absolute Gasteiger partial charge is 0.478 e. The van der Waals surface area contributed by atoms with Crippen LogP contribution in [0.5, 0.6) is 0 Å². The second kappa shape index (κ2) is 3.77. The highest BCUT2D eigenvalue weighted by atomic mass is 79.9. The lowest BCUT2D eigenvalue weighted by molar-refractivity contribution is 0.0696. The Balaban J connectivity index is 2.52. The average Bonchev–Trinajstić information content (AvgIpc) is 2.61. The Kier molecular flexibility index (Phi) is 2.46. The summed E-state index contributed by atoms with van der Waals surface area (Å²) < 4.78 is 1.70. The first-order valence-electron chi connectivity index (χ1n) is 3.95. The molecule has 7 heteroatoms. The number of carbonyl (C=O) groups is 1. The lowest BCUT2D eigenvalue weighted by Crippen LogP contribution is -2.02. The van der Waals surface area contributed by atoms with E-state index in [1.54, 1.807) is 12.1 Å². The van der Waals surface area contributed by atoms with Crippen molar-refractivity contribution in [1.29, 1.82) is 0 Å². The standard InChI is InChI=1S/C8H5BrN4O2/c9-7-5(8(14)15)4-11-13(7)6-2-1-3-10-12-6/h1-4H,(H,14,15). The van der Waals surface area contributed by atoms with Crippen molar-refractivity contribution < 1.29 is 9.90 Å². The number of carboxylic acid groups (broad SMARTS) is 1. The van der Waals surface area contributed by atoms with E-state index in [4.69, 9.17) is 5.11 Å². The summed E-state index contributed by atoms with van der Waals surface area (Å²) in [5.74, 6) is -0.589. The van der Waals surface area contributed by atoms with Crippen LogP contribution in [-0.4, -0.2) is 31.1 Å². The number of aromatic carboxylic acids is 1. The quantitative estimate of drug-likeness (QED) is 0.883. The minimum Gasteiger partial charge on any atom is -0.478 e. The third kappa shape index (κ3) is 1.73. The molecule has 76 valence electrons. The molecule has 2 heterocycles. The third-order valence-corrected chi connectivity index (χ3v) is 2.48. The van der Waals surface area contributed by atoms with Gasteiger partial charge in [-0.1, -0.05) is 0 Å². The predicted octanol–water partition coefficient (Wildman–Crippen LogP) is 1.12. The van der Waals surface area contributed by atoms with Gasteiger partial charge in [0, 0.05) is 6.20 Å². The van der Waals surface area contributed by atoms with Gasteiger partial charge in [-0.05, 0) is 28.1 Å². The number of halogens is 1. The molecule has 0 aromatic carbocycles. The highest BCUT2D eigenvalue weighted by molar-refractivity contribution is 9.10. The third-order valence-electron chi connectivity index (χ3n) is 1.72. The molecule has 0 aliphatic rings. The van der Waals surface area contributed by atoms with E-state index >= 15 is 0 Å². The van der Waals surface area contributed by atoms with Crippen molar-refractivity contribution in [2.45, 2.75) is 0 Å². The van der Waals surface area contributed by atoms with Crippen LogP contribution in [0.15, 0.2) is 29.1 Å². The lowest BCUT2D eigenvalue weighted by atomic mass is 10.4. The van der Waals surface area contributed by atoms with Crippen LogP contribution in [0.2, 0.25) is 0 Å². The first kappa shape index (κ1) is 9.78. The summed E-state index contributed by atoms with van der Waals surface area (Å²) >= 11 is 3.14. The fourth-order valence-electron chi connectivity index (χ4n) is 1.04. The highest BCUT2D eigenvalue weighted by Gasteiger charge is 2.15. The number of nitrogens with zero attached hydrogens (tertiary/aromatic N) is 4. The van der Waals surface area contributed by atoms with Crippen LogP contribution < -0.4 is 0 Å². The topological polar surface area (TPSA) is 80.9 Å². The van der Waals surface area contributed by atoms with Gasteiger partial charge in [0.15, 0.2) is 5.82 Å². The van der Waals surface area contributed by atoms with Gasteiger partial charge in [-0.15, -0.1) is 5.10 Å². The maximum absolute atomic E-state index is 10.7. The number of carboxylic acids is 1. The SMILES string of the molecule is O=C(O)c1cnn(-c2cccnn2)c1Br. The summed E-state index contributed by atoms with van der Waals surface area (Å²) in [5, 5.41) is 20.2. The summed E-state index contributed by atoms with van der Waals surface area (Å²) in [4.78, 5) is 10.7. The Bertz CT molecular complexity index is 497. The van der Waals surface area contributed by atoms with Crippen LogP contribution in [-0.2, 0) is 0 Å². The Hall–Kier alpha value is -1.76. The molecule has 0 bridgehead atoms. The van der Waals surface area contributed by atoms with Crippen molar-refractivity contribution in [3.8, 4) is 5.82 Å². The zero-order chi connectivity index (χ0) is 10.8. The second-order valence-corrected chi connectivity index (χ2v) is 3.40. The maximum atomic E-state index is 10.7. The molecule has 1 N–H and O–H groups in total. The van der Waals surface area contributed by atoms with Gasteiger partial charge in [0.25, 0.3) is 0 Å². The minimum atomic E-state index is -1.04. The Morgan fingerprint density at radius 2 is 2.33 bits per heavy atom. The van der Waals surface area contributed by atoms with Crippen molar-refractivity contribution in [2.75, 3.05) is 0 Å². The minimum absolute atomic E-state index is 0.0839. The summed E-state index contributed by atoms with van der Waals surface area (Å²) in [6.45, 7) is 0. The van der Waals surface area contributed by atoms with E-state index in [1.807, 2.05) is 0 Å². The molecule has 0 saturated carbocycles. The van der Waals surface area contributed by atoms with Crippen LogP contribution in [0, 0.1) is 0 Å². The molecule has 0 saturated heterocycles. The van der Waals surface area contributed by atoms with Gasteiger partial charge in [-0.25, -0.2) is 9.48 Å². The normalized spacial score (nSPS) is 10.2. The second-order valence-electron chi connectivity index (χ2n) is 2.65. The van der Waals surface area contributed by atoms with Gasteiger partial charge >= 0.3 is 5.97 Å². The molecule has 0 radical (unpaired) electrons. The number of hydrogen-bond donors (Lipinski definition) is 1. The average molecular weight is 269 g/mol. The lowest BCUT2D eigenvalue weighted by Gasteiger charge is -1.99. The first-order valence-corrected chi connectivity index (χ1v) is 4.74. The molecule has 0 fully saturated rings. The van der Waals surface area contributed by atoms with E-state index in [9.17, 15) is 4.79 Å². The Morgan fingerprint density at radius 1 is 1.53 bits per heavy atom. The van der Waals surface area contributed by atoms with Crippen molar-refractivity contribution in [3.05, 3.63) is 34.7 Å². The number of aromatic nitrogens is 4. The summed E-state index contributed by atoms with van der Waals surface area (Å²) in [6, 6.07) is 3.37. The summed E-state index contributed by atoms with van der Waals surface area (Å²) in [7, 11) is 0. The zero-order valence-electron chi connectivity index (χ0n) is 7.33. The van der Waals surface area contributed by atoms with E-state index in [2.05, 4.69) is 31.2 Å². The predicted molar refractivity (Wildman–Crippen MR) is 53.8 cm³/mol. The van der Waals surface area contributed by atoms with Crippen molar-refractivity contribution in [3.63, 3.8) is 0 Å². The molecule has 0 aliphatic carbocycles. The van der Waals surface area contributed by atoms with E-state index < -0.39 is 5.97 Å². The molecule has 0 atom stereocenters. The summed E-state index contributed by atoms with van der Waals surface area (Å²) in [6.07, 6.45) is 2.78. The van der Waals surface area contributed by atoms with Gasteiger partial charge in [0.05, 0.1) is 6.20 Å². The van der Waals surface area contributed by atoms with Gasteiger partial charge in [0.1, 0.15) is 10.2 Å². The summed E-state index contributed by atoms with van der Waals surface area (Å²) in [5.41, 5.74) is 0.0839. The molecule has 2 aromatic heterocycles. The van der Waals surface area contributed by atoms with Crippen molar-refractivity contribution in [1.82, 2.24) is 20.0 Å². The fraction of sp³-hybridized carbons (Fsp3) is 0. The molecule has 0 spiro atoms. The van der Waals surface area contributed by atoms with Gasteiger partial charge in [-0.2, -0.15) is 10.2 Å².